The molecule has 1 unspecified atom stereocenters. The Morgan fingerprint density at radius 1 is 1.43 bits per heavy atom. The first kappa shape index (κ1) is 14.0. The second kappa shape index (κ2) is 5.79. The van der Waals surface area contributed by atoms with Crippen LogP contribution in [0.25, 0.3) is 11.6 Å². The molecule has 112 valence electrons. The first-order chi connectivity index (χ1) is 10.1. The minimum atomic E-state index is -0.177. The molecule has 7 heteroatoms. The molecule has 0 aromatic carbocycles. The predicted molar refractivity (Wildman–Crippen MR) is 77.3 cm³/mol. The number of pyridine rings is 1. The Kier molecular flexibility index (Phi) is 3.85. The Labute approximate surface area is 123 Å². The van der Waals surface area contributed by atoms with Crippen LogP contribution >= 0.6 is 0 Å². The highest BCUT2D eigenvalue weighted by Crippen LogP contribution is 2.25. The molecule has 21 heavy (non-hydrogen) atoms. The second-order valence-electron chi connectivity index (χ2n) is 5.35. The first-order valence-electron chi connectivity index (χ1n) is 7.05. The molecule has 0 radical (unpaired) electrons. The van der Waals surface area contributed by atoms with Crippen LogP contribution in [0, 0.1) is 0 Å². The van der Waals surface area contributed by atoms with Gasteiger partial charge in [-0.25, -0.2) is 4.98 Å². The highest BCUT2D eigenvalue weighted by atomic mass is 16.5. The van der Waals surface area contributed by atoms with Gasteiger partial charge in [0, 0.05) is 25.3 Å². The number of hydrogen-bond donors (Lipinski definition) is 1. The highest BCUT2D eigenvalue weighted by Gasteiger charge is 2.28. The van der Waals surface area contributed by atoms with Gasteiger partial charge in [0.1, 0.15) is 6.10 Å². The summed E-state index contributed by atoms with van der Waals surface area (Å²) in [6, 6.07) is 3.99. The lowest BCUT2D eigenvalue weighted by atomic mass is 10.2. The van der Waals surface area contributed by atoms with E-state index in [0.29, 0.717) is 35.7 Å². The topological polar surface area (TPSA) is 90.3 Å². The molecule has 0 amide bonds. The molecular weight excluding hydrogens is 270 g/mol. The van der Waals surface area contributed by atoms with Crippen LogP contribution in [0.3, 0.4) is 0 Å². The van der Waals surface area contributed by atoms with E-state index in [0.717, 1.165) is 13.1 Å². The molecule has 1 aliphatic rings. The molecule has 1 fully saturated rings. The molecule has 2 aromatic heterocycles. The zero-order valence-electron chi connectivity index (χ0n) is 12.2. The van der Waals surface area contributed by atoms with Crippen LogP contribution in [0.2, 0.25) is 0 Å². The van der Waals surface area contributed by atoms with Gasteiger partial charge in [0.05, 0.1) is 12.3 Å². The zero-order valence-corrected chi connectivity index (χ0v) is 12.2. The number of nitrogens with zero attached hydrogens (tertiary/aromatic N) is 4. The van der Waals surface area contributed by atoms with Crippen LogP contribution in [-0.2, 0) is 4.74 Å². The summed E-state index contributed by atoms with van der Waals surface area (Å²) in [5.74, 6) is 0.869. The average molecular weight is 289 g/mol. The van der Waals surface area contributed by atoms with Gasteiger partial charge in [0.2, 0.25) is 5.82 Å². The number of hydrogen-bond acceptors (Lipinski definition) is 7. The number of anilines is 1. The maximum Gasteiger partial charge on any atom is 0.278 e. The van der Waals surface area contributed by atoms with Gasteiger partial charge in [-0.15, -0.1) is 0 Å². The molecule has 2 aromatic rings. The fourth-order valence-corrected chi connectivity index (χ4v) is 2.35. The van der Waals surface area contributed by atoms with E-state index in [9.17, 15) is 0 Å². The summed E-state index contributed by atoms with van der Waals surface area (Å²) in [6.07, 6.45) is 1.47. The summed E-state index contributed by atoms with van der Waals surface area (Å²) in [5, 5.41) is 4.02. The number of nitrogen functional groups attached to an aromatic ring is 1. The van der Waals surface area contributed by atoms with Crippen molar-refractivity contribution < 1.29 is 9.26 Å². The quantitative estimate of drug-likeness (QED) is 0.915. The van der Waals surface area contributed by atoms with E-state index >= 15 is 0 Å². The van der Waals surface area contributed by atoms with Crippen molar-refractivity contribution in [2.45, 2.75) is 26.0 Å². The lowest BCUT2D eigenvalue weighted by molar-refractivity contribution is -0.0450. The molecule has 1 saturated heterocycles. The van der Waals surface area contributed by atoms with Gasteiger partial charge in [-0.1, -0.05) is 5.16 Å². The average Bonchev–Trinajstić information content (AvgIpc) is 2.97. The van der Waals surface area contributed by atoms with E-state index in [2.05, 4.69) is 33.9 Å². The summed E-state index contributed by atoms with van der Waals surface area (Å²) in [7, 11) is 0. The number of aromatic nitrogens is 3. The SMILES string of the molecule is CC(C)N1CCOC(c2noc(-c3ncccc3N)n2)C1. The Morgan fingerprint density at radius 3 is 3.05 bits per heavy atom. The lowest BCUT2D eigenvalue weighted by Gasteiger charge is -2.34. The Hall–Kier alpha value is -1.99. The summed E-state index contributed by atoms with van der Waals surface area (Å²) in [4.78, 5) is 10.9. The van der Waals surface area contributed by atoms with E-state index in [-0.39, 0.29) is 6.10 Å². The molecule has 0 aliphatic carbocycles. The van der Waals surface area contributed by atoms with Crippen LogP contribution in [0.5, 0.6) is 0 Å². The van der Waals surface area contributed by atoms with E-state index in [1.807, 2.05) is 0 Å². The van der Waals surface area contributed by atoms with Crippen molar-refractivity contribution in [3.05, 3.63) is 24.2 Å². The van der Waals surface area contributed by atoms with Gasteiger partial charge in [-0.2, -0.15) is 4.98 Å². The van der Waals surface area contributed by atoms with Crippen molar-refractivity contribution in [3.8, 4) is 11.6 Å². The maximum atomic E-state index is 5.87. The molecule has 0 spiro atoms. The van der Waals surface area contributed by atoms with Gasteiger partial charge in [-0.05, 0) is 26.0 Å². The van der Waals surface area contributed by atoms with Crippen molar-refractivity contribution in [1.29, 1.82) is 0 Å². The molecule has 3 heterocycles. The van der Waals surface area contributed by atoms with Crippen molar-refractivity contribution >= 4 is 5.69 Å². The molecule has 1 atom stereocenters. The van der Waals surface area contributed by atoms with Gasteiger partial charge < -0.3 is 15.0 Å². The molecular formula is C14H19N5O2. The van der Waals surface area contributed by atoms with Crippen LogP contribution in [0.4, 0.5) is 5.69 Å². The molecule has 0 bridgehead atoms. The third-order valence-electron chi connectivity index (χ3n) is 3.60. The van der Waals surface area contributed by atoms with Crippen LogP contribution in [-0.4, -0.2) is 45.8 Å². The Bertz CT molecular complexity index is 613. The lowest BCUT2D eigenvalue weighted by Crippen LogP contribution is -2.42. The fraction of sp³-hybridized carbons (Fsp3) is 0.500. The monoisotopic (exact) mass is 289 g/mol. The predicted octanol–water partition coefficient (Wildman–Crippen LogP) is 1.50. The van der Waals surface area contributed by atoms with Gasteiger partial charge in [-0.3, -0.25) is 4.90 Å². The van der Waals surface area contributed by atoms with Crippen LogP contribution < -0.4 is 5.73 Å². The Morgan fingerprint density at radius 2 is 2.29 bits per heavy atom. The fourth-order valence-electron chi connectivity index (χ4n) is 2.35. The number of ether oxygens (including phenoxy) is 1. The van der Waals surface area contributed by atoms with E-state index in [4.69, 9.17) is 15.0 Å². The standard InChI is InChI=1S/C14H19N5O2/c1-9(2)19-6-7-20-11(8-19)13-17-14(21-18-13)12-10(15)4-3-5-16-12/h3-5,9,11H,6-8,15H2,1-2H3. The molecule has 1 aliphatic heterocycles. The molecule has 3 rings (SSSR count). The molecule has 2 N–H and O–H groups in total. The number of morpholine rings is 1. The zero-order chi connectivity index (χ0) is 14.8. The third-order valence-corrected chi connectivity index (χ3v) is 3.60. The number of rotatable bonds is 3. The normalized spacial score (nSPS) is 20.0. The highest BCUT2D eigenvalue weighted by molar-refractivity contribution is 5.65. The smallest absolute Gasteiger partial charge is 0.278 e. The first-order valence-corrected chi connectivity index (χ1v) is 7.05. The van der Waals surface area contributed by atoms with Crippen molar-refractivity contribution in [2.75, 3.05) is 25.4 Å². The second-order valence-corrected chi connectivity index (χ2v) is 5.35. The van der Waals surface area contributed by atoms with Gasteiger partial charge >= 0.3 is 0 Å². The van der Waals surface area contributed by atoms with Crippen molar-refractivity contribution in [2.24, 2.45) is 0 Å². The minimum absolute atomic E-state index is 0.177. The van der Waals surface area contributed by atoms with Gasteiger partial charge in [0.25, 0.3) is 5.89 Å². The summed E-state index contributed by atoms with van der Waals surface area (Å²) < 4.78 is 11.0. The molecule has 7 nitrogen and oxygen atoms in total. The van der Waals surface area contributed by atoms with E-state index < -0.39 is 0 Å². The largest absolute Gasteiger partial charge is 0.397 e. The van der Waals surface area contributed by atoms with E-state index in [1.165, 1.54) is 0 Å². The van der Waals surface area contributed by atoms with E-state index in [1.54, 1.807) is 18.3 Å². The van der Waals surface area contributed by atoms with Crippen LogP contribution in [0.1, 0.15) is 25.8 Å². The summed E-state index contributed by atoms with van der Waals surface area (Å²) in [5.41, 5.74) is 6.89. The van der Waals surface area contributed by atoms with Crippen molar-refractivity contribution in [3.63, 3.8) is 0 Å². The number of nitrogens with two attached hydrogens (primary N) is 1. The molecule has 0 saturated carbocycles. The minimum Gasteiger partial charge on any atom is -0.397 e. The Balaban J connectivity index is 1.80. The van der Waals surface area contributed by atoms with Gasteiger partial charge in [0.15, 0.2) is 5.69 Å². The maximum absolute atomic E-state index is 5.87. The summed E-state index contributed by atoms with van der Waals surface area (Å²) >= 11 is 0. The summed E-state index contributed by atoms with van der Waals surface area (Å²) in [6.45, 7) is 6.68. The third kappa shape index (κ3) is 2.88. The van der Waals surface area contributed by atoms with Crippen LogP contribution in [0.15, 0.2) is 22.9 Å². The van der Waals surface area contributed by atoms with Crippen molar-refractivity contribution in [1.82, 2.24) is 20.0 Å².